The summed E-state index contributed by atoms with van der Waals surface area (Å²) in [6, 6.07) is 5.63. The zero-order chi connectivity index (χ0) is 11.5. The smallest absolute Gasteiger partial charge is 0.347 e. The van der Waals surface area contributed by atoms with Crippen LogP contribution in [0.3, 0.4) is 0 Å². The summed E-state index contributed by atoms with van der Waals surface area (Å²) in [7, 11) is 0. The normalized spacial score (nSPS) is 18.4. The van der Waals surface area contributed by atoms with E-state index in [0.29, 0.717) is 24.5 Å². The molecule has 1 atom stereocenters. The molecule has 0 spiro atoms. The third kappa shape index (κ3) is 1.96. The lowest BCUT2D eigenvalue weighted by Gasteiger charge is -2.25. The van der Waals surface area contributed by atoms with E-state index in [1.807, 2.05) is 12.1 Å². The largest absolute Gasteiger partial charge is 0.476 e. The van der Waals surface area contributed by atoms with Crippen molar-refractivity contribution >= 4 is 11.7 Å². The van der Waals surface area contributed by atoms with Crippen LogP contribution < -0.4 is 10.5 Å². The molecule has 86 valence electrons. The van der Waals surface area contributed by atoms with Crippen molar-refractivity contribution in [1.29, 1.82) is 0 Å². The summed E-state index contributed by atoms with van der Waals surface area (Å²) in [4.78, 5) is 11.5. The predicted octanol–water partition coefficient (Wildman–Crippen LogP) is 1.53. The van der Waals surface area contributed by atoms with Crippen LogP contribution in [0.25, 0.3) is 0 Å². The molecular formula is C12H15NO3. The lowest BCUT2D eigenvalue weighted by atomic mass is 10.0. The van der Waals surface area contributed by atoms with E-state index in [-0.39, 0.29) is 5.97 Å². The zero-order valence-electron chi connectivity index (χ0n) is 9.23. The number of benzene rings is 1. The number of carbonyl (C=O) groups excluding carboxylic acids is 1. The molecule has 0 bridgehead atoms. The number of fused-ring (bicyclic) bond motifs is 1. The van der Waals surface area contributed by atoms with Gasteiger partial charge in [0.05, 0.1) is 12.3 Å². The van der Waals surface area contributed by atoms with Crippen LogP contribution in [0, 0.1) is 0 Å². The van der Waals surface area contributed by atoms with Gasteiger partial charge in [-0.3, -0.25) is 0 Å². The van der Waals surface area contributed by atoms with Gasteiger partial charge < -0.3 is 15.2 Å². The fraction of sp³-hybridized carbons (Fsp3) is 0.417. The zero-order valence-corrected chi connectivity index (χ0v) is 9.23. The third-order valence-electron chi connectivity index (χ3n) is 2.61. The number of anilines is 1. The number of rotatable bonds is 2. The summed E-state index contributed by atoms with van der Waals surface area (Å²) in [6.07, 6.45) is 0.927. The number of aryl methyl sites for hydroxylation is 1. The molecule has 0 saturated carbocycles. The van der Waals surface area contributed by atoms with Crippen LogP contribution in [0.1, 0.15) is 18.9 Å². The van der Waals surface area contributed by atoms with E-state index < -0.39 is 6.10 Å². The highest BCUT2D eigenvalue weighted by molar-refractivity contribution is 5.76. The quantitative estimate of drug-likeness (QED) is 0.607. The van der Waals surface area contributed by atoms with Crippen molar-refractivity contribution in [3.8, 4) is 5.75 Å². The maximum atomic E-state index is 11.5. The second-order valence-corrected chi connectivity index (χ2v) is 3.73. The van der Waals surface area contributed by atoms with Gasteiger partial charge in [-0.05, 0) is 31.4 Å². The van der Waals surface area contributed by atoms with Crippen molar-refractivity contribution in [2.24, 2.45) is 0 Å². The van der Waals surface area contributed by atoms with Gasteiger partial charge in [0.25, 0.3) is 0 Å². The average molecular weight is 221 g/mol. The van der Waals surface area contributed by atoms with E-state index in [1.165, 1.54) is 0 Å². The Hall–Kier alpha value is -1.71. The van der Waals surface area contributed by atoms with Crippen molar-refractivity contribution in [2.45, 2.75) is 25.9 Å². The number of esters is 1. The molecule has 0 radical (unpaired) electrons. The molecule has 2 rings (SSSR count). The molecule has 0 amide bonds. The van der Waals surface area contributed by atoms with Crippen molar-refractivity contribution < 1.29 is 14.3 Å². The molecule has 0 aromatic heterocycles. The monoisotopic (exact) mass is 221 g/mol. The van der Waals surface area contributed by atoms with Crippen LogP contribution in [0.5, 0.6) is 5.75 Å². The maximum absolute atomic E-state index is 11.5. The number of para-hydroxylation sites is 1. The molecule has 2 N–H and O–H groups in total. The Morgan fingerprint density at radius 1 is 1.62 bits per heavy atom. The molecule has 0 fully saturated rings. The SMILES string of the molecule is CCOC(=O)C1CCc2cccc(N)c2O1. The first kappa shape index (κ1) is 10.8. The second-order valence-electron chi connectivity index (χ2n) is 3.73. The first-order chi connectivity index (χ1) is 7.72. The van der Waals surface area contributed by atoms with Gasteiger partial charge in [-0.2, -0.15) is 0 Å². The van der Waals surface area contributed by atoms with Crippen LogP contribution in [-0.2, 0) is 16.0 Å². The molecule has 0 aliphatic carbocycles. The number of carbonyl (C=O) groups is 1. The summed E-state index contributed by atoms with van der Waals surface area (Å²) in [6.45, 7) is 2.15. The second kappa shape index (κ2) is 4.43. The van der Waals surface area contributed by atoms with Crippen molar-refractivity contribution in [2.75, 3.05) is 12.3 Å². The van der Waals surface area contributed by atoms with Crippen LogP contribution >= 0.6 is 0 Å². The van der Waals surface area contributed by atoms with Gasteiger partial charge in [0.1, 0.15) is 5.75 Å². The highest BCUT2D eigenvalue weighted by Crippen LogP contribution is 2.33. The van der Waals surface area contributed by atoms with Crippen LogP contribution in [0.4, 0.5) is 5.69 Å². The summed E-state index contributed by atoms with van der Waals surface area (Å²) in [5.41, 5.74) is 7.43. The fourth-order valence-corrected chi connectivity index (χ4v) is 1.83. The Kier molecular flexibility index (Phi) is 2.99. The minimum absolute atomic E-state index is 0.309. The van der Waals surface area contributed by atoms with E-state index in [9.17, 15) is 4.79 Å². The molecule has 4 heteroatoms. The predicted molar refractivity (Wildman–Crippen MR) is 60.2 cm³/mol. The topological polar surface area (TPSA) is 61.5 Å². The van der Waals surface area contributed by atoms with E-state index in [2.05, 4.69) is 0 Å². The minimum atomic E-state index is -0.517. The van der Waals surface area contributed by atoms with Gasteiger partial charge in [0.15, 0.2) is 6.10 Å². The van der Waals surface area contributed by atoms with Crippen molar-refractivity contribution in [1.82, 2.24) is 0 Å². The summed E-state index contributed by atoms with van der Waals surface area (Å²) in [5.74, 6) is 0.322. The van der Waals surface area contributed by atoms with Crippen LogP contribution in [0.15, 0.2) is 18.2 Å². The van der Waals surface area contributed by atoms with Gasteiger partial charge in [0.2, 0.25) is 0 Å². The van der Waals surface area contributed by atoms with Gasteiger partial charge in [-0.15, -0.1) is 0 Å². The van der Waals surface area contributed by atoms with Crippen molar-refractivity contribution in [3.63, 3.8) is 0 Å². The lowest BCUT2D eigenvalue weighted by molar-refractivity contribution is -0.152. The molecule has 1 aliphatic rings. The number of nitrogens with two attached hydrogens (primary N) is 1. The minimum Gasteiger partial charge on any atom is -0.476 e. The number of nitrogen functional groups attached to an aromatic ring is 1. The van der Waals surface area contributed by atoms with E-state index in [4.69, 9.17) is 15.2 Å². The molecular weight excluding hydrogens is 206 g/mol. The van der Waals surface area contributed by atoms with Crippen molar-refractivity contribution in [3.05, 3.63) is 23.8 Å². The van der Waals surface area contributed by atoms with Crippen LogP contribution in [-0.4, -0.2) is 18.7 Å². The molecule has 1 aromatic rings. The van der Waals surface area contributed by atoms with Gasteiger partial charge in [-0.25, -0.2) is 4.79 Å². The van der Waals surface area contributed by atoms with Gasteiger partial charge in [-0.1, -0.05) is 12.1 Å². The first-order valence-corrected chi connectivity index (χ1v) is 5.43. The Bertz CT molecular complexity index is 403. The van der Waals surface area contributed by atoms with E-state index in [1.54, 1.807) is 13.0 Å². The number of ether oxygens (including phenoxy) is 2. The molecule has 1 unspecified atom stereocenters. The Morgan fingerprint density at radius 3 is 3.19 bits per heavy atom. The highest BCUT2D eigenvalue weighted by atomic mass is 16.6. The first-order valence-electron chi connectivity index (χ1n) is 5.43. The number of hydrogen-bond acceptors (Lipinski definition) is 4. The summed E-state index contributed by atoms with van der Waals surface area (Å²) in [5, 5.41) is 0. The summed E-state index contributed by atoms with van der Waals surface area (Å²) < 4.78 is 10.5. The third-order valence-corrected chi connectivity index (χ3v) is 2.61. The molecule has 0 saturated heterocycles. The lowest BCUT2D eigenvalue weighted by Crippen LogP contribution is -2.33. The maximum Gasteiger partial charge on any atom is 0.347 e. The molecule has 4 nitrogen and oxygen atoms in total. The summed E-state index contributed by atoms with van der Waals surface area (Å²) >= 11 is 0. The van der Waals surface area contributed by atoms with Crippen LogP contribution in [0.2, 0.25) is 0 Å². The molecule has 1 heterocycles. The van der Waals surface area contributed by atoms with Gasteiger partial charge >= 0.3 is 5.97 Å². The number of hydrogen-bond donors (Lipinski definition) is 1. The Balaban J connectivity index is 2.17. The van der Waals surface area contributed by atoms with Gasteiger partial charge in [0, 0.05) is 0 Å². The highest BCUT2D eigenvalue weighted by Gasteiger charge is 2.28. The van der Waals surface area contributed by atoms with E-state index in [0.717, 1.165) is 12.0 Å². The Labute approximate surface area is 94.3 Å². The van der Waals surface area contributed by atoms with E-state index >= 15 is 0 Å². The Morgan fingerprint density at radius 2 is 2.44 bits per heavy atom. The average Bonchev–Trinajstić information content (AvgIpc) is 2.29. The standard InChI is InChI=1S/C12H15NO3/c1-2-15-12(14)10-7-6-8-4-3-5-9(13)11(8)16-10/h3-5,10H,2,6-7,13H2,1H3. The molecule has 16 heavy (non-hydrogen) atoms. The molecule has 1 aromatic carbocycles. The molecule has 1 aliphatic heterocycles. The fourth-order valence-electron chi connectivity index (χ4n) is 1.83.